The van der Waals surface area contributed by atoms with Crippen LogP contribution in [0.5, 0.6) is 0 Å². The summed E-state index contributed by atoms with van der Waals surface area (Å²) in [5, 5.41) is 0. The Balaban J connectivity index is 2.32. The van der Waals surface area contributed by atoms with E-state index in [9.17, 15) is 19.2 Å². The summed E-state index contributed by atoms with van der Waals surface area (Å²) >= 11 is 3.34. The number of methoxy groups -OCH3 is 1. The smallest absolute Gasteiger partial charge is 0.373 e. The van der Waals surface area contributed by atoms with E-state index in [0.29, 0.717) is 5.56 Å². The van der Waals surface area contributed by atoms with E-state index >= 15 is 0 Å². The summed E-state index contributed by atoms with van der Waals surface area (Å²) in [6, 6.07) is 7.07. The maximum atomic E-state index is 12.3. The molecule has 1 saturated heterocycles. The number of ether oxygens (including phenoxy) is 6. The van der Waals surface area contributed by atoms with Crippen molar-refractivity contribution in [2.75, 3.05) is 13.7 Å². The number of halogens is 1. The normalized spacial score (nSPS) is 22.6. The molecule has 11 heteroatoms. The molecule has 1 aliphatic rings. The van der Waals surface area contributed by atoms with Crippen molar-refractivity contribution in [3.8, 4) is 0 Å². The van der Waals surface area contributed by atoms with Crippen molar-refractivity contribution in [1.29, 1.82) is 0 Å². The fourth-order valence-electron chi connectivity index (χ4n) is 3.07. The summed E-state index contributed by atoms with van der Waals surface area (Å²) in [5.74, 6) is -2.77. The van der Waals surface area contributed by atoms with E-state index in [4.69, 9.17) is 28.4 Å². The number of esters is 4. The molecule has 1 aromatic carbocycles. The van der Waals surface area contributed by atoms with Gasteiger partial charge in [0, 0.05) is 25.2 Å². The molecule has 0 radical (unpaired) electrons. The molecule has 0 spiro atoms. The minimum atomic E-state index is -1.11. The fourth-order valence-corrected chi connectivity index (χ4v) is 3.33. The quantitative estimate of drug-likeness (QED) is 0.215. The van der Waals surface area contributed by atoms with Gasteiger partial charge in [-0.3, -0.25) is 14.4 Å². The zero-order valence-corrected chi connectivity index (χ0v) is 20.2. The van der Waals surface area contributed by atoms with E-state index in [1.165, 1.54) is 34.0 Å². The summed E-state index contributed by atoms with van der Waals surface area (Å²) in [7, 11) is 1.20. The first-order valence-corrected chi connectivity index (χ1v) is 10.7. The van der Waals surface area contributed by atoms with Crippen molar-refractivity contribution < 1.29 is 47.6 Å². The molecule has 0 aliphatic carbocycles. The highest BCUT2D eigenvalue weighted by molar-refractivity contribution is 9.10. The maximum Gasteiger partial charge on any atom is 0.373 e. The largest absolute Gasteiger partial charge is 0.463 e. The molecule has 4 atom stereocenters. The second-order valence-corrected chi connectivity index (χ2v) is 7.95. The standard InChI is InChI=1S/C22H25BrO10/c1-12(24)29-11-19-21(31-14(3)26)17(30-13(2)25)10-20(33-19)32-18(22(27)28-4)9-15-5-7-16(23)8-6-15/h5-9,17,19-21H,10-11H2,1-4H3/b18-9-. The topological polar surface area (TPSA) is 124 Å². The minimum absolute atomic E-state index is 0.0667. The Morgan fingerprint density at radius 1 is 1.00 bits per heavy atom. The Bertz CT molecular complexity index is 895. The Hall–Kier alpha value is -2.92. The van der Waals surface area contributed by atoms with Crippen molar-refractivity contribution in [3.05, 3.63) is 40.1 Å². The molecule has 10 nitrogen and oxygen atoms in total. The Labute approximate surface area is 199 Å². The predicted molar refractivity (Wildman–Crippen MR) is 116 cm³/mol. The third-order valence-electron chi connectivity index (χ3n) is 4.37. The molecule has 0 saturated carbocycles. The molecule has 0 N–H and O–H groups in total. The van der Waals surface area contributed by atoms with Gasteiger partial charge >= 0.3 is 23.9 Å². The van der Waals surface area contributed by atoms with Gasteiger partial charge in [-0.1, -0.05) is 28.1 Å². The zero-order valence-electron chi connectivity index (χ0n) is 18.6. The molecule has 1 aliphatic heterocycles. The van der Waals surface area contributed by atoms with Crippen LogP contribution in [-0.4, -0.2) is 62.2 Å². The lowest BCUT2D eigenvalue weighted by atomic mass is 10.0. The first kappa shape index (κ1) is 26.3. The van der Waals surface area contributed by atoms with Crippen molar-refractivity contribution in [2.24, 2.45) is 0 Å². The first-order chi connectivity index (χ1) is 15.6. The molecule has 0 aromatic heterocycles. The van der Waals surface area contributed by atoms with Crippen LogP contribution >= 0.6 is 15.9 Å². The number of carbonyl (C=O) groups excluding carboxylic acids is 4. The van der Waals surface area contributed by atoms with Gasteiger partial charge in [-0.15, -0.1) is 0 Å². The molecule has 4 unspecified atom stereocenters. The summed E-state index contributed by atoms with van der Waals surface area (Å²) in [6.07, 6.45) is -2.76. The van der Waals surface area contributed by atoms with Gasteiger partial charge in [0.05, 0.1) is 13.5 Å². The molecule has 2 rings (SSSR count). The molecular weight excluding hydrogens is 504 g/mol. The lowest BCUT2D eigenvalue weighted by Crippen LogP contribution is -2.54. The van der Waals surface area contributed by atoms with Gasteiger partial charge in [-0.25, -0.2) is 4.79 Å². The lowest BCUT2D eigenvalue weighted by Gasteiger charge is -2.39. The van der Waals surface area contributed by atoms with Crippen LogP contribution in [0.1, 0.15) is 32.8 Å². The Morgan fingerprint density at radius 3 is 2.18 bits per heavy atom. The van der Waals surface area contributed by atoms with Crippen LogP contribution in [0, 0.1) is 0 Å². The highest BCUT2D eigenvalue weighted by Gasteiger charge is 2.45. The van der Waals surface area contributed by atoms with Gasteiger partial charge in [0.25, 0.3) is 0 Å². The summed E-state index contributed by atoms with van der Waals surface area (Å²) in [4.78, 5) is 46.9. The average Bonchev–Trinajstić information content (AvgIpc) is 2.74. The number of hydrogen-bond acceptors (Lipinski definition) is 10. The van der Waals surface area contributed by atoms with Gasteiger partial charge in [0.15, 0.2) is 6.10 Å². The second kappa shape index (κ2) is 12.4. The van der Waals surface area contributed by atoms with Crippen LogP contribution in [-0.2, 0) is 47.6 Å². The van der Waals surface area contributed by atoms with Crippen LogP contribution in [0.2, 0.25) is 0 Å². The third-order valence-corrected chi connectivity index (χ3v) is 4.90. The SMILES string of the molecule is COC(=O)/C(=C/c1ccc(Br)cc1)OC1CC(OC(C)=O)C(OC(C)=O)C(COC(C)=O)O1. The summed E-state index contributed by atoms with van der Waals surface area (Å²) in [5.41, 5.74) is 0.653. The Kier molecular flexibility index (Phi) is 9.86. The van der Waals surface area contributed by atoms with Crippen LogP contribution in [0.25, 0.3) is 6.08 Å². The highest BCUT2D eigenvalue weighted by Crippen LogP contribution is 2.29. The van der Waals surface area contributed by atoms with Crippen LogP contribution in [0.15, 0.2) is 34.5 Å². The number of hydrogen-bond donors (Lipinski definition) is 0. The van der Waals surface area contributed by atoms with E-state index in [1.807, 2.05) is 0 Å². The van der Waals surface area contributed by atoms with E-state index < -0.39 is 48.5 Å². The maximum absolute atomic E-state index is 12.3. The van der Waals surface area contributed by atoms with Crippen molar-refractivity contribution in [1.82, 2.24) is 0 Å². The van der Waals surface area contributed by atoms with Gasteiger partial charge in [0.2, 0.25) is 12.0 Å². The number of rotatable bonds is 8. The van der Waals surface area contributed by atoms with Gasteiger partial charge in [-0.05, 0) is 23.8 Å². The van der Waals surface area contributed by atoms with Gasteiger partial charge in [-0.2, -0.15) is 0 Å². The first-order valence-electron chi connectivity index (χ1n) is 9.94. The van der Waals surface area contributed by atoms with Crippen molar-refractivity contribution in [3.63, 3.8) is 0 Å². The zero-order chi connectivity index (χ0) is 24.5. The van der Waals surface area contributed by atoms with E-state index in [0.717, 1.165) is 4.47 Å². The minimum Gasteiger partial charge on any atom is -0.463 e. The van der Waals surface area contributed by atoms with E-state index in [-0.39, 0.29) is 18.8 Å². The lowest BCUT2D eigenvalue weighted by molar-refractivity contribution is -0.257. The molecule has 0 amide bonds. The third kappa shape index (κ3) is 8.50. The van der Waals surface area contributed by atoms with Crippen molar-refractivity contribution >= 4 is 45.9 Å². The van der Waals surface area contributed by atoms with E-state index in [1.54, 1.807) is 24.3 Å². The monoisotopic (exact) mass is 528 g/mol. The summed E-state index contributed by atoms with van der Waals surface area (Å²) < 4.78 is 32.8. The van der Waals surface area contributed by atoms with Gasteiger partial charge in [0.1, 0.15) is 18.8 Å². The number of benzene rings is 1. The second-order valence-electron chi connectivity index (χ2n) is 7.03. The molecule has 33 heavy (non-hydrogen) atoms. The molecular formula is C22H25BrO10. The number of carbonyl (C=O) groups is 4. The van der Waals surface area contributed by atoms with Crippen LogP contribution in [0.4, 0.5) is 0 Å². The molecule has 0 bridgehead atoms. The van der Waals surface area contributed by atoms with Crippen molar-refractivity contribution in [2.45, 2.75) is 51.8 Å². The highest BCUT2D eigenvalue weighted by atomic mass is 79.9. The molecule has 180 valence electrons. The summed E-state index contributed by atoms with van der Waals surface area (Å²) in [6.45, 7) is 3.30. The van der Waals surface area contributed by atoms with Gasteiger partial charge < -0.3 is 28.4 Å². The fraction of sp³-hybridized carbons (Fsp3) is 0.455. The molecule has 1 fully saturated rings. The van der Waals surface area contributed by atoms with E-state index in [2.05, 4.69) is 15.9 Å². The average molecular weight is 529 g/mol. The van der Waals surface area contributed by atoms with Crippen LogP contribution < -0.4 is 0 Å². The molecule has 1 aromatic rings. The molecule has 1 heterocycles. The predicted octanol–water partition coefficient (Wildman–Crippen LogP) is 2.52. The Morgan fingerprint density at radius 2 is 1.64 bits per heavy atom. The van der Waals surface area contributed by atoms with Crippen LogP contribution in [0.3, 0.4) is 0 Å².